The molecule has 1 aliphatic heterocycles. The fourth-order valence-electron chi connectivity index (χ4n) is 3.47. The quantitative estimate of drug-likeness (QED) is 0.308. The van der Waals surface area contributed by atoms with Gasteiger partial charge in [-0.3, -0.25) is 4.90 Å². The van der Waals surface area contributed by atoms with Crippen molar-refractivity contribution in [2.75, 3.05) is 20.1 Å². The summed E-state index contributed by atoms with van der Waals surface area (Å²) in [4.78, 5) is 7.09. The number of rotatable bonds is 9. The maximum atomic E-state index is 4.70. The van der Waals surface area contributed by atoms with Gasteiger partial charge in [0.2, 0.25) is 0 Å². The molecule has 29 heavy (non-hydrogen) atoms. The lowest BCUT2D eigenvalue weighted by molar-refractivity contribution is 0.238. The number of aliphatic imine (C=N–C) groups is 1. The lowest BCUT2D eigenvalue weighted by Crippen LogP contribution is -2.40. The molecular formula is C21H34IN7. The summed E-state index contributed by atoms with van der Waals surface area (Å²) in [6.45, 7) is 8.62. The van der Waals surface area contributed by atoms with E-state index in [1.54, 1.807) is 0 Å². The molecule has 160 valence electrons. The number of hydrogen-bond donors (Lipinski definition) is 2. The number of halogens is 1. The Labute approximate surface area is 191 Å². The van der Waals surface area contributed by atoms with Gasteiger partial charge in [-0.1, -0.05) is 30.3 Å². The van der Waals surface area contributed by atoms with Gasteiger partial charge in [-0.05, 0) is 39.3 Å². The Morgan fingerprint density at radius 3 is 2.79 bits per heavy atom. The van der Waals surface area contributed by atoms with E-state index in [-0.39, 0.29) is 24.0 Å². The van der Waals surface area contributed by atoms with E-state index >= 15 is 0 Å². The van der Waals surface area contributed by atoms with E-state index < -0.39 is 0 Å². The predicted octanol–water partition coefficient (Wildman–Crippen LogP) is 2.81. The van der Waals surface area contributed by atoms with Crippen LogP contribution in [0.2, 0.25) is 0 Å². The highest BCUT2D eigenvalue weighted by Crippen LogP contribution is 2.14. The highest BCUT2D eigenvalue weighted by molar-refractivity contribution is 14.0. The summed E-state index contributed by atoms with van der Waals surface area (Å²) >= 11 is 0. The average molecular weight is 511 g/mol. The third-order valence-corrected chi connectivity index (χ3v) is 5.29. The van der Waals surface area contributed by atoms with Crippen molar-refractivity contribution in [3.05, 3.63) is 47.5 Å². The Balaban J connectivity index is 0.00000300. The van der Waals surface area contributed by atoms with E-state index in [0.29, 0.717) is 12.6 Å². The van der Waals surface area contributed by atoms with Crippen molar-refractivity contribution in [2.24, 2.45) is 4.99 Å². The zero-order valence-electron chi connectivity index (χ0n) is 17.8. The fourth-order valence-corrected chi connectivity index (χ4v) is 3.47. The zero-order chi connectivity index (χ0) is 19.8. The molecule has 0 amide bonds. The van der Waals surface area contributed by atoms with Crippen LogP contribution in [0.5, 0.6) is 0 Å². The molecule has 1 atom stereocenters. The first-order chi connectivity index (χ1) is 13.7. The van der Waals surface area contributed by atoms with Crippen molar-refractivity contribution in [1.29, 1.82) is 0 Å². The van der Waals surface area contributed by atoms with Crippen LogP contribution < -0.4 is 10.6 Å². The molecular weight excluding hydrogens is 477 g/mol. The smallest absolute Gasteiger partial charge is 0.191 e. The minimum atomic E-state index is 0. The number of nitrogens with zero attached hydrogens (tertiary/aromatic N) is 5. The van der Waals surface area contributed by atoms with Gasteiger partial charge in [0.15, 0.2) is 11.8 Å². The number of benzene rings is 1. The molecule has 1 aromatic carbocycles. The first-order valence-electron chi connectivity index (χ1n) is 10.3. The Morgan fingerprint density at radius 2 is 2.03 bits per heavy atom. The van der Waals surface area contributed by atoms with Gasteiger partial charge in [-0.25, -0.2) is 4.99 Å². The fraction of sp³-hybridized carbons (Fsp3) is 0.571. The molecule has 0 saturated carbocycles. The molecule has 0 bridgehead atoms. The van der Waals surface area contributed by atoms with Crippen molar-refractivity contribution < 1.29 is 0 Å². The number of hydrogen-bond acceptors (Lipinski definition) is 4. The molecule has 3 rings (SSSR count). The predicted molar refractivity (Wildman–Crippen MR) is 129 cm³/mol. The Kier molecular flexibility index (Phi) is 9.86. The van der Waals surface area contributed by atoms with E-state index in [1.165, 1.54) is 5.56 Å². The second-order valence-electron chi connectivity index (χ2n) is 7.45. The van der Waals surface area contributed by atoms with E-state index in [1.807, 2.05) is 0 Å². The van der Waals surface area contributed by atoms with E-state index in [2.05, 4.69) is 81.5 Å². The Bertz CT molecular complexity index is 760. The number of fused-ring (bicyclic) bond motifs is 1. The maximum absolute atomic E-state index is 4.70. The van der Waals surface area contributed by atoms with Gasteiger partial charge in [-0.2, -0.15) is 0 Å². The van der Waals surface area contributed by atoms with Gasteiger partial charge < -0.3 is 15.2 Å². The molecule has 2 N–H and O–H groups in total. The van der Waals surface area contributed by atoms with Gasteiger partial charge in [-0.15, -0.1) is 34.2 Å². The number of aromatic nitrogens is 3. The molecule has 1 aliphatic rings. The largest absolute Gasteiger partial charge is 0.357 e. The molecule has 0 radical (unpaired) electrons. The maximum Gasteiger partial charge on any atom is 0.191 e. The van der Waals surface area contributed by atoms with Crippen LogP contribution in [0.3, 0.4) is 0 Å². The van der Waals surface area contributed by atoms with Crippen molar-refractivity contribution in [3.8, 4) is 0 Å². The molecule has 2 aromatic rings. The molecule has 0 aliphatic carbocycles. The SMILES string of the molecule is CCNC(=NCc1nnc2n1CCC2)NCCC(C)N(C)Cc1ccccc1.I. The Morgan fingerprint density at radius 1 is 1.24 bits per heavy atom. The van der Waals surface area contributed by atoms with E-state index in [9.17, 15) is 0 Å². The molecule has 0 saturated heterocycles. The van der Waals surface area contributed by atoms with Gasteiger partial charge in [0, 0.05) is 38.6 Å². The van der Waals surface area contributed by atoms with Crippen LogP contribution in [-0.2, 0) is 26.1 Å². The first-order valence-corrected chi connectivity index (χ1v) is 10.3. The molecule has 2 heterocycles. The van der Waals surface area contributed by atoms with Crippen molar-refractivity contribution in [3.63, 3.8) is 0 Å². The van der Waals surface area contributed by atoms with E-state index in [0.717, 1.165) is 63.0 Å². The highest BCUT2D eigenvalue weighted by atomic mass is 127. The van der Waals surface area contributed by atoms with E-state index in [4.69, 9.17) is 4.99 Å². The molecule has 1 unspecified atom stereocenters. The lowest BCUT2D eigenvalue weighted by atomic mass is 10.1. The summed E-state index contributed by atoms with van der Waals surface area (Å²) in [5.74, 6) is 2.90. The van der Waals surface area contributed by atoms with Crippen LogP contribution in [0, 0.1) is 0 Å². The van der Waals surface area contributed by atoms with Crippen molar-refractivity contribution in [1.82, 2.24) is 30.3 Å². The average Bonchev–Trinajstić information content (AvgIpc) is 3.31. The summed E-state index contributed by atoms with van der Waals surface area (Å²) in [5.41, 5.74) is 1.35. The monoisotopic (exact) mass is 511 g/mol. The van der Waals surface area contributed by atoms with Crippen LogP contribution in [0.25, 0.3) is 0 Å². The van der Waals surface area contributed by atoms with Crippen LogP contribution >= 0.6 is 24.0 Å². The van der Waals surface area contributed by atoms with Crippen LogP contribution in [-0.4, -0.2) is 51.8 Å². The van der Waals surface area contributed by atoms with Gasteiger partial charge >= 0.3 is 0 Å². The standard InChI is InChI=1S/C21H33N7.HI/c1-4-22-21(24-15-20-26-25-19-11-8-14-28(19)20)23-13-12-17(2)27(3)16-18-9-6-5-7-10-18;/h5-7,9-10,17H,4,8,11-16H2,1-3H3,(H2,22,23,24);1H. The molecule has 0 spiro atoms. The number of guanidine groups is 1. The molecule has 1 aromatic heterocycles. The number of aryl methyl sites for hydroxylation is 1. The topological polar surface area (TPSA) is 70.4 Å². The molecule has 0 fully saturated rings. The summed E-state index contributed by atoms with van der Waals surface area (Å²) in [5, 5.41) is 15.3. The van der Waals surface area contributed by atoms with Crippen LogP contribution in [0.4, 0.5) is 0 Å². The molecule has 7 nitrogen and oxygen atoms in total. The van der Waals surface area contributed by atoms with Crippen LogP contribution in [0.15, 0.2) is 35.3 Å². The molecule has 8 heteroatoms. The highest BCUT2D eigenvalue weighted by Gasteiger charge is 2.16. The van der Waals surface area contributed by atoms with Gasteiger partial charge in [0.05, 0.1) is 0 Å². The lowest BCUT2D eigenvalue weighted by Gasteiger charge is -2.25. The third kappa shape index (κ3) is 6.95. The zero-order valence-corrected chi connectivity index (χ0v) is 20.1. The summed E-state index contributed by atoms with van der Waals surface area (Å²) in [7, 11) is 2.18. The summed E-state index contributed by atoms with van der Waals surface area (Å²) in [6.07, 6.45) is 3.24. The second kappa shape index (κ2) is 12.1. The third-order valence-electron chi connectivity index (χ3n) is 5.29. The first kappa shape index (κ1) is 23.6. The normalized spacial score (nSPS) is 14.4. The Hall–Kier alpha value is -1.68. The van der Waals surface area contributed by atoms with Gasteiger partial charge in [0.1, 0.15) is 12.4 Å². The van der Waals surface area contributed by atoms with Crippen LogP contribution in [0.1, 0.15) is 43.9 Å². The van der Waals surface area contributed by atoms with Crippen molar-refractivity contribution in [2.45, 2.75) is 58.8 Å². The minimum Gasteiger partial charge on any atom is -0.357 e. The van der Waals surface area contributed by atoms with Gasteiger partial charge in [0.25, 0.3) is 0 Å². The summed E-state index contributed by atoms with van der Waals surface area (Å²) in [6, 6.07) is 11.1. The summed E-state index contributed by atoms with van der Waals surface area (Å²) < 4.78 is 2.20. The van der Waals surface area contributed by atoms with Crippen molar-refractivity contribution >= 4 is 29.9 Å². The minimum absolute atomic E-state index is 0. The second-order valence-corrected chi connectivity index (χ2v) is 7.45. The number of nitrogens with one attached hydrogen (secondary N) is 2.